The Kier molecular flexibility index (Phi) is 4.97. The number of hydrogen-bond donors (Lipinski definition) is 0. The summed E-state index contributed by atoms with van der Waals surface area (Å²) in [6.07, 6.45) is 0.992. The monoisotopic (exact) mass is 273 g/mol. The van der Waals surface area contributed by atoms with E-state index in [9.17, 15) is 4.79 Å². The van der Waals surface area contributed by atoms with E-state index in [1.165, 1.54) is 0 Å². The maximum atomic E-state index is 11.7. The van der Waals surface area contributed by atoms with Gasteiger partial charge in [-0.1, -0.05) is 6.07 Å². The van der Waals surface area contributed by atoms with Gasteiger partial charge in [0.2, 0.25) is 5.91 Å². The zero-order valence-electron chi connectivity index (χ0n) is 11.7. The number of ether oxygens (including phenoxy) is 1. The molecule has 1 amide bonds. The van der Waals surface area contributed by atoms with E-state index in [-0.39, 0.29) is 5.91 Å². The topological polar surface area (TPSA) is 56.6 Å². The molecule has 0 aliphatic carbocycles. The second kappa shape index (κ2) is 6.92. The highest BCUT2D eigenvalue weighted by atomic mass is 16.5. The van der Waals surface area contributed by atoms with Crippen LogP contribution < -0.4 is 4.74 Å². The predicted octanol–water partition coefficient (Wildman–Crippen LogP) is 1.10. The zero-order chi connectivity index (χ0) is 14.4. The molecule has 1 saturated heterocycles. The largest absolute Gasteiger partial charge is 0.492 e. The van der Waals surface area contributed by atoms with Gasteiger partial charge in [0, 0.05) is 26.7 Å². The Morgan fingerprint density at radius 1 is 1.40 bits per heavy atom. The van der Waals surface area contributed by atoms with Gasteiger partial charge in [0.15, 0.2) is 0 Å². The van der Waals surface area contributed by atoms with E-state index in [1.54, 1.807) is 23.1 Å². The molecular formula is C15H19N3O2. The van der Waals surface area contributed by atoms with E-state index < -0.39 is 0 Å². The van der Waals surface area contributed by atoms with E-state index in [4.69, 9.17) is 10.00 Å². The fourth-order valence-electron chi connectivity index (χ4n) is 2.19. The minimum atomic E-state index is 0.161. The van der Waals surface area contributed by atoms with Gasteiger partial charge < -0.3 is 9.64 Å². The first-order chi connectivity index (χ1) is 9.69. The lowest BCUT2D eigenvalue weighted by molar-refractivity contribution is -0.129. The Bertz CT molecular complexity index is 510. The Morgan fingerprint density at radius 3 is 3.05 bits per heavy atom. The lowest BCUT2D eigenvalue weighted by atomic mass is 10.2. The third kappa shape index (κ3) is 3.97. The molecule has 1 aliphatic heterocycles. The van der Waals surface area contributed by atoms with Crippen LogP contribution >= 0.6 is 0 Å². The predicted molar refractivity (Wildman–Crippen MR) is 75.3 cm³/mol. The maximum absolute atomic E-state index is 11.7. The molecule has 106 valence electrons. The van der Waals surface area contributed by atoms with Crippen molar-refractivity contribution >= 4 is 5.91 Å². The van der Waals surface area contributed by atoms with E-state index in [2.05, 4.69) is 11.0 Å². The van der Waals surface area contributed by atoms with Crippen molar-refractivity contribution in [2.45, 2.75) is 6.42 Å². The van der Waals surface area contributed by atoms with Crippen molar-refractivity contribution in [1.29, 1.82) is 5.26 Å². The molecule has 0 unspecified atom stereocenters. The molecule has 0 bridgehead atoms. The van der Waals surface area contributed by atoms with Gasteiger partial charge in [-0.05, 0) is 24.6 Å². The number of carbonyl (C=O) groups is 1. The molecule has 0 atom stereocenters. The molecule has 5 nitrogen and oxygen atoms in total. The van der Waals surface area contributed by atoms with Crippen LogP contribution in [0.2, 0.25) is 0 Å². The Balaban J connectivity index is 1.80. The van der Waals surface area contributed by atoms with Gasteiger partial charge in [0.05, 0.1) is 18.2 Å². The van der Waals surface area contributed by atoms with E-state index in [0.29, 0.717) is 24.5 Å². The summed E-state index contributed by atoms with van der Waals surface area (Å²) in [6, 6.07) is 9.19. The number of nitrogens with zero attached hydrogens (tertiary/aromatic N) is 3. The number of hydrogen-bond acceptors (Lipinski definition) is 4. The number of amides is 1. The van der Waals surface area contributed by atoms with Gasteiger partial charge in [0.1, 0.15) is 12.4 Å². The number of nitriles is 1. The van der Waals surface area contributed by atoms with Crippen LogP contribution in [-0.2, 0) is 4.79 Å². The van der Waals surface area contributed by atoms with Gasteiger partial charge in [-0.25, -0.2) is 0 Å². The van der Waals surface area contributed by atoms with Crippen molar-refractivity contribution in [2.24, 2.45) is 0 Å². The molecule has 20 heavy (non-hydrogen) atoms. The molecule has 5 heteroatoms. The van der Waals surface area contributed by atoms with E-state index in [0.717, 1.165) is 26.1 Å². The third-order valence-corrected chi connectivity index (χ3v) is 3.39. The molecule has 1 fully saturated rings. The average Bonchev–Trinajstić information content (AvgIpc) is 2.61. The highest BCUT2D eigenvalue weighted by molar-refractivity contribution is 5.78. The van der Waals surface area contributed by atoms with Gasteiger partial charge in [-0.3, -0.25) is 9.69 Å². The Hall–Kier alpha value is -2.06. The van der Waals surface area contributed by atoms with Gasteiger partial charge in [-0.15, -0.1) is 0 Å². The molecule has 0 radical (unpaired) electrons. The molecule has 2 rings (SSSR count). The standard InChI is InChI=1S/C15H19N3O2/c1-17-6-3-7-18(12-15(17)19)8-9-20-14-5-2-4-13(10-14)11-16/h2,4-5,10H,3,6-9,12H2,1H3. The number of likely N-dealkylation sites (N-methyl/N-ethyl adjacent to an activating group) is 1. The first kappa shape index (κ1) is 14.4. The first-order valence-corrected chi connectivity index (χ1v) is 6.78. The van der Waals surface area contributed by atoms with Crippen molar-refractivity contribution in [3.63, 3.8) is 0 Å². The molecule has 1 aliphatic rings. The minimum absolute atomic E-state index is 0.161. The summed E-state index contributed by atoms with van der Waals surface area (Å²) in [4.78, 5) is 15.6. The van der Waals surface area contributed by atoms with Crippen molar-refractivity contribution in [3.8, 4) is 11.8 Å². The van der Waals surface area contributed by atoms with Crippen molar-refractivity contribution in [2.75, 3.05) is 39.8 Å². The van der Waals surface area contributed by atoms with Crippen LogP contribution in [0.5, 0.6) is 5.75 Å². The molecule has 0 N–H and O–H groups in total. The molecule has 0 saturated carbocycles. The highest BCUT2D eigenvalue weighted by Crippen LogP contribution is 2.12. The summed E-state index contributed by atoms with van der Waals surface area (Å²) in [5.74, 6) is 0.858. The number of benzene rings is 1. The lowest BCUT2D eigenvalue weighted by Gasteiger charge is -2.19. The number of rotatable bonds is 4. The van der Waals surface area contributed by atoms with Crippen molar-refractivity contribution in [3.05, 3.63) is 29.8 Å². The lowest BCUT2D eigenvalue weighted by Crippen LogP contribution is -2.36. The third-order valence-electron chi connectivity index (χ3n) is 3.39. The quantitative estimate of drug-likeness (QED) is 0.824. The van der Waals surface area contributed by atoms with Crippen LogP contribution in [0, 0.1) is 11.3 Å². The van der Waals surface area contributed by atoms with Crippen LogP contribution in [0.15, 0.2) is 24.3 Å². The first-order valence-electron chi connectivity index (χ1n) is 6.78. The molecule has 1 aromatic rings. The zero-order valence-corrected chi connectivity index (χ0v) is 11.7. The van der Waals surface area contributed by atoms with E-state index in [1.807, 2.05) is 13.1 Å². The summed E-state index contributed by atoms with van der Waals surface area (Å²) >= 11 is 0. The molecule has 0 aromatic heterocycles. The smallest absolute Gasteiger partial charge is 0.236 e. The van der Waals surface area contributed by atoms with Crippen LogP contribution in [0.3, 0.4) is 0 Å². The summed E-state index contributed by atoms with van der Waals surface area (Å²) in [6.45, 7) is 3.43. The summed E-state index contributed by atoms with van der Waals surface area (Å²) < 4.78 is 5.64. The van der Waals surface area contributed by atoms with Gasteiger partial charge in [-0.2, -0.15) is 5.26 Å². The SMILES string of the molecule is CN1CCCN(CCOc2cccc(C#N)c2)CC1=O. The summed E-state index contributed by atoms with van der Waals surface area (Å²) in [5.41, 5.74) is 0.592. The second-order valence-electron chi connectivity index (χ2n) is 4.93. The highest BCUT2D eigenvalue weighted by Gasteiger charge is 2.18. The Morgan fingerprint density at radius 2 is 2.25 bits per heavy atom. The Labute approximate surface area is 119 Å². The van der Waals surface area contributed by atoms with Crippen LogP contribution in [0.1, 0.15) is 12.0 Å². The van der Waals surface area contributed by atoms with Crippen LogP contribution in [0.4, 0.5) is 0 Å². The van der Waals surface area contributed by atoms with Crippen LogP contribution in [-0.4, -0.2) is 55.5 Å². The second-order valence-corrected chi connectivity index (χ2v) is 4.93. The average molecular weight is 273 g/mol. The van der Waals surface area contributed by atoms with Crippen LogP contribution in [0.25, 0.3) is 0 Å². The molecule has 1 aromatic carbocycles. The normalized spacial score (nSPS) is 16.6. The molecular weight excluding hydrogens is 254 g/mol. The van der Waals surface area contributed by atoms with Crippen molar-refractivity contribution < 1.29 is 9.53 Å². The number of carbonyl (C=O) groups excluding carboxylic acids is 1. The maximum Gasteiger partial charge on any atom is 0.236 e. The fourth-order valence-corrected chi connectivity index (χ4v) is 2.19. The summed E-state index contributed by atoms with van der Waals surface area (Å²) in [7, 11) is 1.84. The van der Waals surface area contributed by atoms with Gasteiger partial charge in [0.25, 0.3) is 0 Å². The molecule has 1 heterocycles. The minimum Gasteiger partial charge on any atom is -0.492 e. The van der Waals surface area contributed by atoms with Crippen molar-refractivity contribution in [1.82, 2.24) is 9.80 Å². The van der Waals surface area contributed by atoms with Gasteiger partial charge >= 0.3 is 0 Å². The van der Waals surface area contributed by atoms with E-state index >= 15 is 0 Å². The summed E-state index contributed by atoms with van der Waals surface area (Å²) in [5, 5.41) is 8.82. The fraction of sp³-hybridized carbons (Fsp3) is 0.467. The molecule has 0 spiro atoms.